The average Bonchev–Trinajstić information content (AvgIpc) is 2.80. The molecule has 0 radical (unpaired) electrons. The van der Waals surface area contributed by atoms with Crippen molar-refractivity contribution in [3.05, 3.63) is 64.2 Å². The number of nitro groups is 1. The molecule has 2 rings (SSSR count). The van der Waals surface area contributed by atoms with Crippen molar-refractivity contribution in [1.82, 2.24) is 0 Å². The number of rotatable bonds is 14. The van der Waals surface area contributed by atoms with Crippen molar-refractivity contribution in [2.45, 2.75) is 70.8 Å². The SMILES string of the molecule is CCCCCCCCCCC(OC(=O)Oc1ccc([N+](=O)[O-])cc1)c1ccc(OC)cc1. The third kappa shape index (κ3) is 8.96. The summed E-state index contributed by atoms with van der Waals surface area (Å²) in [6.07, 6.45) is 8.96. The molecule has 0 saturated carbocycles. The molecular formula is C25H33NO6. The highest BCUT2D eigenvalue weighted by molar-refractivity contribution is 5.64. The Hall–Kier alpha value is -3.09. The van der Waals surface area contributed by atoms with E-state index in [4.69, 9.17) is 14.2 Å². The standard InChI is InChI=1S/C25H33NO6/c1-3-4-5-6-7-8-9-10-11-24(20-12-16-22(30-2)17-13-20)32-25(27)31-23-18-14-21(15-19-23)26(28)29/h12-19,24H,3-11H2,1-2H3. The Morgan fingerprint density at radius 3 is 2.00 bits per heavy atom. The molecule has 7 heteroatoms. The summed E-state index contributed by atoms with van der Waals surface area (Å²) in [5.74, 6) is 0.925. The minimum atomic E-state index is -0.834. The van der Waals surface area contributed by atoms with Crippen LogP contribution in [0.1, 0.15) is 76.4 Å². The van der Waals surface area contributed by atoms with Crippen molar-refractivity contribution in [2.75, 3.05) is 7.11 Å². The first-order chi connectivity index (χ1) is 15.5. The molecule has 0 aliphatic heterocycles. The van der Waals surface area contributed by atoms with Crippen LogP contribution in [-0.2, 0) is 4.74 Å². The van der Waals surface area contributed by atoms with Crippen LogP contribution >= 0.6 is 0 Å². The molecule has 7 nitrogen and oxygen atoms in total. The van der Waals surface area contributed by atoms with Crippen LogP contribution in [0.15, 0.2) is 48.5 Å². The summed E-state index contributed by atoms with van der Waals surface area (Å²) < 4.78 is 16.0. The molecule has 174 valence electrons. The van der Waals surface area contributed by atoms with E-state index >= 15 is 0 Å². The molecule has 0 heterocycles. The number of hydrogen-bond acceptors (Lipinski definition) is 6. The minimum Gasteiger partial charge on any atom is -0.497 e. The summed E-state index contributed by atoms with van der Waals surface area (Å²) >= 11 is 0. The maximum absolute atomic E-state index is 12.4. The van der Waals surface area contributed by atoms with Gasteiger partial charge in [0.25, 0.3) is 5.69 Å². The van der Waals surface area contributed by atoms with Gasteiger partial charge in [0.1, 0.15) is 17.6 Å². The molecule has 1 unspecified atom stereocenters. The zero-order valence-electron chi connectivity index (χ0n) is 19.0. The van der Waals surface area contributed by atoms with Gasteiger partial charge in [-0.1, -0.05) is 64.0 Å². The summed E-state index contributed by atoms with van der Waals surface area (Å²) in [6, 6.07) is 12.7. The second kappa shape index (κ2) is 14.1. The van der Waals surface area contributed by atoms with Crippen LogP contribution in [0, 0.1) is 10.1 Å². The van der Waals surface area contributed by atoms with E-state index in [1.54, 1.807) is 7.11 Å². The van der Waals surface area contributed by atoms with Gasteiger partial charge in [-0.15, -0.1) is 0 Å². The fourth-order valence-electron chi connectivity index (χ4n) is 3.45. The largest absolute Gasteiger partial charge is 0.514 e. The number of nitro benzene ring substituents is 1. The number of benzene rings is 2. The molecular weight excluding hydrogens is 410 g/mol. The average molecular weight is 444 g/mol. The third-order valence-corrected chi connectivity index (χ3v) is 5.29. The molecule has 0 bridgehead atoms. The molecule has 0 N–H and O–H groups in total. The Morgan fingerprint density at radius 2 is 1.44 bits per heavy atom. The lowest BCUT2D eigenvalue weighted by atomic mass is 10.0. The predicted octanol–water partition coefficient (Wildman–Crippen LogP) is 7.39. The van der Waals surface area contributed by atoms with Crippen molar-refractivity contribution in [3.8, 4) is 11.5 Å². The van der Waals surface area contributed by atoms with Crippen LogP contribution in [0.25, 0.3) is 0 Å². The molecule has 0 fully saturated rings. The van der Waals surface area contributed by atoms with E-state index < -0.39 is 17.2 Å². The van der Waals surface area contributed by atoms with Gasteiger partial charge < -0.3 is 14.2 Å². The zero-order chi connectivity index (χ0) is 23.2. The molecule has 0 aliphatic rings. The number of unbranched alkanes of at least 4 members (excludes halogenated alkanes) is 7. The van der Waals surface area contributed by atoms with Gasteiger partial charge in [-0.3, -0.25) is 10.1 Å². The van der Waals surface area contributed by atoms with Crippen LogP contribution in [0.3, 0.4) is 0 Å². The van der Waals surface area contributed by atoms with E-state index in [1.165, 1.54) is 62.8 Å². The molecule has 2 aromatic carbocycles. The number of carbonyl (C=O) groups is 1. The van der Waals surface area contributed by atoms with Crippen molar-refractivity contribution >= 4 is 11.8 Å². The molecule has 1 atom stereocenters. The van der Waals surface area contributed by atoms with Crippen LogP contribution in [-0.4, -0.2) is 18.2 Å². The molecule has 0 spiro atoms. The first-order valence-corrected chi connectivity index (χ1v) is 11.3. The number of nitrogens with zero attached hydrogens (tertiary/aromatic N) is 1. The topological polar surface area (TPSA) is 87.9 Å². The third-order valence-electron chi connectivity index (χ3n) is 5.29. The Balaban J connectivity index is 1.91. The van der Waals surface area contributed by atoms with Gasteiger partial charge in [0.05, 0.1) is 12.0 Å². The molecule has 0 aromatic heterocycles. The summed E-state index contributed by atoms with van der Waals surface area (Å²) in [7, 11) is 1.60. The Bertz CT molecular complexity index is 819. The maximum Gasteiger partial charge on any atom is 0.514 e. The molecule has 2 aromatic rings. The van der Waals surface area contributed by atoms with E-state index in [9.17, 15) is 14.9 Å². The Labute approximate surface area is 189 Å². The van der Waals surface area contributed by atoms with E-state index in [1.807, 2.05) is 24.3 Å². The monoisotopic (exact) mass is 443 g/mol. The van der Waals surface area contributed by atoms with Crippen molar-refractivity contribution in [3.63, 3.8) is 0 Å². The highest BCUT2D eigenvalue weighted by atomic mass is 16.7. The minimum absolute atomic E-state index is 0.0727. The van der Waals surface area contributed by atoms with Gasteiger partial charge in [-0.2, -0.15) is 0 Å². The van der Waals surface area contributed by atoms with Crippen molar-refractivity contribution in [1.29, 1.82) is 0 Å². The number of methoxy groups -OCH3 is 1. The number of hydrogen-bond donors (Lipinski definition) is 0. The van der Waals surface area contributed by atoms with Crippen LogP contribution in [0.5, 0.6) is 11.5 Å². The fraction of sp³-hybridized carbons (Fsp3) is 0.480. The van der Waals surface area contributed by atoms with E-state index in [2.05, 4.69) is 6.92 Å². The lowest BCUT2D eigenvalue weighted by molar-refractivity contribution is -0.384. The van der Waals surface area contributed by atoms with Crippen molar-refractivity contribution in [2.24, 2.45) is 0 Å². The fourth-order valence-corrected chi connectivity index (χ4v) is 3.45. The van der Waals surface area contributed by atoms with E-state index in [0.29, 0.717) is 6.42 Å². The predicted molar refractivity (Wildman–Crippen MR) is 123 cm³/mol. The van der Waals surface area contributed by atoms with Gasteiger partial charge >= 0.3 is 6.16 Å². The first-order valence-electron chi connectivity index (χ1n) is 11.3. The quantitative estimate of drug-likeness (QED) is 0.0994. The summed E-state index contributed by atoms with van der Waals surface area (Å²) in [5, 5.41) is 10.8. The van der Waals surface area contributed by atoms with Gasteiger partial charge in [0, 0.05) is 12.1 Å². The van der Waals surface area contributed by atoms with Crippen LogP contribution < -0.4 is 9.47 Å². The summed E-state index contributed by atoms with van der Waals surface area (Å²) in [4.78, 5) is 22.6. The van der Waals surface area contributed by atoms with E-state index in [0.717, 1.165) is 24.2 Å². The molecule has 0 amide bonds. The van der Waals surface area contributed by atoms with Gasteiger partial charge in [0.15, 0.2) is 0 Å². The second-order valence-electron chi connectivity index (χ2n) is 7.75. The molecule has 0 saturated heterocycles. The lowest BCUT2D eigenvalue weighted by Crippen LogP contribution is -2.15. The Kier molecular flexibility index (Phi) is 11.1. The lowest BCUT2D eigenvalue weighted by Gasteiger charge is -2.18. The highest BCUT2D eigenvalue weighted by Crippen LogP contribution is 2.27. The van der Waals surface area contributed by atoms with Crippen LogP contribution in [0.2, 0.25) is 0 Å². The van der Waals surface area contributed by atoms with Crippen molar-refractivity contribution < 1.29 is 23.9 Å². The normalized spacial score (nSPS) is 11.6. The zero-order valence-corrected chi connectivity index (χ0v) is 19.0. The van der Waals surface area contributed by atoms with E-state index in [-0.39, 0.29) is 11.4 Å². The number of ether oxygens (including phenoxy) is 3. The van der Waals surface area contributed by atoms with Crippen LogP contribution in [0.4, 0.5) is 10.5 Å². The summed E-state index contributed by atoms with van der Waals surface area (Å²) in [5.41, 5.74) is 0.797. The second-order valence-corrected chi connectivity index (χ2v) is 7.75. The highest BCUT2D eigenvalue weighted by Gasteiger charge is 2.19. The Morgan fingerprint density at radius 1 is 0.875 bits per heavy atom. The molecule has 32 heavy (non-hydrogen) atoms. The number of carbonyl (C=O) groups excluding carboxylic acids is 1. The smallest absolute Gasteiger partial charge is 0.497 e. The summed E-state index contributed by atoms with van der Waals surface area (Å²) in [6.45, 7) is 2.21. The van der Waals surface area contributed by atoms with Gasteiger partial charge in [-0.25, -0.2) is 4.79 Å². The van der Waals surface area contributed by atoms with Gasteiger partial charge in [0.2, 0.25) is 0 Å². The molecule has 0 aliphatic carbocycles. The number of non-ortho nitro benzene ring substituents is 1. The first kappa shape index (κ1) is 25.2. The maximum atomic E-state index is 12.4. The van der Waals surface area contributed by atoms with Gasteiger partial charge in [-0.05, 0) is 42.7 Å².